The van der Waals surface area contributed by atoms with Crippen LogP contribution < -0.4 is 11.1 Å². The molecule has 1 aromatic heterocycles. The molecule has 0 aliphatic heterocycles. The predicted octanol–water partition coefficient (Wildman–Crippen LogP) is 2.68. The van der Waals surface area contributed by atoms with Gasteiger partial charge in [0.15, 0.2) is 0 Å². The van der Waals surface area contributed by atoms with Gasteiger partial charge in [-0.3, -0.25) is 0 Å². The predicted molar refractivity (Wildman–Crippen MR) is 74.1 cm³/mol. The van der Waals surface area contributed by atoms with E-state index < -0.39 is 0 Å². The summed E-state index contributed by atoms with van der Waals surface area (Å²) in [4.78, 5) is 4.16. The molecule has 0 aromatic carbocycles. The molecule has 1 unspecified atom stereocenters. The molecule has 0 saturated carbocycles. The van der Waals surface area contributed by atoms with Crippen molar-refractivity contribution in [1.29, 1.82) is 0 Å². The van der Waals surface area contributed by atoms with Gasteiger partial charge in [0.05, 0.1) is 0 Å². The Morgan fingerprint density at radius 1 is 1.41 bits per heavy atom. The Morgan fingerprint density at radius 2 is 2.18 bits per heavy atom. The molecule has 1 atom stereocenters. The van der Waals surface area contributed by atoms with Crippen LogP contribution >= 0.6 is 0 Å². The van der Waals surface area contributed by atoms with Gasteiger partial charge in [-0.05, 0) is 56.3 Å². The maximum absolute atomic E-state index is 5.92. The highest BCUT2D eigenvalue weighted by molar-refractivity contribution is 5.43. The smallest absolute Gasteiger partial charge is 0.126 e. The standard InChI is InChI=1S/C14H25N3/c1-4-9-16-12(5-2)6-7-13-11(3)8-10-17-14(13)15/h8,10,12,16H,4-7,9H2,1-3H3,(H2,15,17). The molecule has 0 aliphatic rings. The van der Waals surface area contributed by atoms with Gasteiger partial charge >= 0.3 is 0 Å². The second-order valence-electron chi connectivity index (χ2n) is 4.59. The monoisotopic (exact) mass is 235 g/mol. The second-order valence-corrected chi connectivity index (χ2v) is 4.59. The largest absolute Gasteiger partial charge is 0.383 e. The number of rotatable bonds is 7. The topological polar surface area (TPSA) is 50.9 Å². The van der Waals surface area contributed by atoms with E-state index in [0.29, 0.717) is 11.9 Å². The summed E-state index contributed by atoms with van der Waals surface area (Å²) in [5.41, 5.74) is 8.38. The van der Waals surface area contributed by atoms with Crippen LogP contribution in [0.15, 0.2) is 12.3 Å². The second kappa shape index (κ2) is 7.28. The molecule has 0 amide bonds. The average Bonchev–Trinajstić information content (AvgIpc) is 2.32. The van der Waals surface area contributed by atoms with Gasteiger partial charge in [-0.2, -0.15) is 0 Å². The van der Waals surface area contributed by atoms with Gasteiger partial charge in [-0.1, -0.05) is 13.8 Å². The fourth-order valence-electron chi connectivity index (χ4n) is 2.05. The number of nitrogen functional groups attached to an aromatic ring is 1. The summed E-state index contributed by atoms with van der Waals surface area (Å²) in [6.45, 7) is 7.63. The van der Waals surface area contributed by atoms with Crippen molar-refractivity contribution >= 4 is 5.82 Å². The van der Waals surface area contributed by atoms with Crippen molar-refractivity contribution in [2.24, 2.45) is 0 Å². The zero-order valence-corrected chi connectivity index (χ0v) is 11.3. The highest BCUT2D eigenvalue weighted by Crippen LogP contribution is 2.16. The lowest BCUT2D eigenvalue weighted by Gasteiger charge is -2.17. The number of pyridine rings is 1. The molecule has 1 heterocycles. The van der Waals surface area contributed by atoms with Gasteiger partial charge in [-0.15, -0.1) is 0 Å². The van der Waals surface area contributed by atoms with E-state index in [1.54, 1.807) is 6.20 Å². The van der Waals surface area contributed by atoms with E-state index in [1.807, 2.05) is 6.07 Å². The van der Waals surface area contributed by atoms with Gasteiger partial charge in [0.1, 0.15) is 5.82 Å². The van der Waals surface area contributed by atoms with Crippen molar-refractivity contribution < 1.29 is 0 Å². The van der Waals surface area contributed by atoms with E-state index >= 15 is 0 Å². The summed E-state index contributed by atoms with van der Waals surface area (Å²) in [5, 5.41) is 3.57. The minimum absolute atomic E-state index is 0.592. The molecule has 3 nitrogen and oxygen atoms in total. The summed E-state index contributed by atoms with van der Waals surface area (Å²) in [5.74, 6) is 0.690. The first-order chi connectivity index (χ1) is 8.19. The van der Waals surface area contributed by atoms with Crippen LogP contribution in [0.4, 0.5) is 5.82 Å². The molecule has 1 rings (SSSR count). The van der Waals surface area contributed by atoms with Crippen LogP contribution in [-0.2, 0) is 6.42 Å². The molecule has 3 heteroatoms. The van der Waals surface area contributed by atoms with Crippen molar-refractivity contribution in [3.05, 3.63) is 23.4 Å². The van der Waals surface area contributed by atoms with Crippen molar-refractivity contribution in [3.8, 4) is 0 Å². The Labute approximate surface area is 105 Å². The van der Waals surface area contributed by atoms with E-state index in [9.17, 15) is 0 Å². The van der Waals surface area contributed by atoms with Gasteiger partial charge in [0, 0.05) is 12.2 Å². The van der Waals surface area contributed by atoms with Crippen molar-refractivity contribution in [2.75, 3.05) is 12.3 Å². The third-order valence-electron chi connectivity index (χ3n) is 3.24. The molecule has 17 heavy (non-hydrogen) atoms. The van der Waals surface area contributed by atoms with Gasteiger partial charge in [-0.25, -0.2) is 4.98 Å². The molecule has 1 aromatic rings. The molecular weight excluding hydrogens is 210 g/mol. The maximum Gasteiger partial charge on any atom is 0.126 e. The molecule has 0 fully saturated rings. The molecule has 0 bridgehead atoms. The maximum atomic E-state index is 5.92. The summed E-state index contributed by atoms with van der Waals surface area (Å²) >= 11 is 0. The van der Waals surface area contributed by atoms with Gasteiger partial charge in [0.2, 0.25) is 0 Å². The average molecular weight is 235 g/mol. The van der Waals surface area contributed by atoms with Gasteiger partial charge in [0.25, 0.3) is 0 Å². The van der Waals surface area contributed by atoms with Crippen LogP contribution in [0, 0.1) is 6.92 Å². The van der Waals surface area contributed by atoms with E-state index in [2.05, 4.69) is 31.1 Å². The number of hydrogen-bond acceptors (Lipinski definition) is 3. The first kappa shape index (κ1) is 14.0. The van der Waals surface area contributed by atoms with Crippen LogP contribution in [0.1, 0.15) is 44.2 Å². The highest BCUT2D eigenvalue weighted by atomic mass is 14.9. The lowest BCUT2D eigenvalue weighted by Crippen LogP contribution is -2.29. The van der Waals surface area contributed by atoms with Crippen LogP contribution in [0.5, 0.6) is 0 Å². The van der Waals surface area contributed by atoms with Crippen molar-refractivity contribution in [1.82, 2.24) is 10.3 Å². The van der Waals surface area contributed by atoms with Crippen LogP contribution in [0.2, 0.25) is 0 Å². The minimum atomic E-state index is 0.592. The third-order valence-corrected chi connectivity index (χ3v) is 3.24. The molecule has 0 radical (unpaired) electrons. The summed E-state index contributed by atoms with van der Waals surface area (Å²) in [7, 11) is 0. The normalized spacial score (nSPS) is 12.6. The van der Waals surface area contributed by atoms with Crippen LogP contribution in [0.25, 0.3) is 0 Å². The summed E-state index contributed by atoms with van der Waals surface area (Å²) in [6, 6.07) is 2.63. The van der Waals surface area contributed by atoms with E-state index in [-0.39, 0.29) is 0 Å². The zero-order valence-electron chi connectivity index (χ0n) is 11.3. The molecule has 0 spiro atoms. The fraction of sp³-hybridized carbons (Fsp3) is 0.643. The lowest BCUT2D eigenvalue weighted by molar-refractivity contribution is 0.468. The zero-order chi connectivity index (χ0) is 12.7. The first-order valence-electron chi connectivity index (χ1n) is 6.62. The van der Waals surface area contributed by atoms with Crippen molar-refractivity contribution in [3.63, 3.8) is 0 Å². The number of nitrogens with one attached hydrogen (secondary N) is 1. The Balaban J connectivity index is 2.53. The van der Waals surface area contributed by atoms with E-state index in [1.165, 1.54) is 24.0 Å². The van der Waals surface area contributed by atoms with Crippen molar-refractivity contribution in [2.45, 2.75) is 52.5 Å². The molecular formula is C14H25N3. The third kappa shape index (κ3) is 4.35. The number of anilines is 1. The van der Waals surface area contributed by atoms with Crippen LogP contribution in [-0.4, -0.2) is 17.6 Å². The van der Waals surface area contributed by atoms with Gasteiger partial charge < -0.3 is 11.1 Å². The first-order valence-corrected chi connectivity index (χ1v) is 6.62. The Hall–Kier alpha value is -1.09. The number of nitrogens with zero attached hydrogens (tertiary/aromatic N) is 1. The number of aryl methyl sites for hydroxylation is 1. The Bertz CT molecular complexity index is 316. The Morgan fingerprint density at radius 3 is 2.76 bits per heavy atom. The van der Waals surface area contributed by atoms with E-state index in [4.69, 9.17) is 5.73 Å². The number of aromatic nitrogens is 1. The summed E-state index contributed by atoms with van der Waals surface area (Å²) in [6.07, 6.45) is 6.28. The number of hydrogen-bond donors (Lipinski definition) is 2. The Kier molecular flexibility index (Phi) is 5.98. The molecule has 3 N–H and O–H groups in total. The molecule has 0 saturated heterocycles. The minimum Gasteiger partial charge on any atom is -0.383 e. The lowest BCUT2D eigenvalue weighted by atomic mass is 10.0. The highest BCUT2D eigenvalue weighted by Gasteiger charge is 2.09. The molecule has 0 aliphatic carbocycles. The van der Waals surface area contributed by atoms with E-state index in [0.717, 1.165) is 19.4 Å². The SMILES string of the molecule is CCCNC(CC)CCc1c(C)ccnc1N. The fourth-order valence-corrected chi connectivity index (χ4v) is 2.05. The quantitative estimate of drug-likeness (QED) is 0.764. The van der Waals surface area contributed by atoms with Crippen LogP contribution in [0.3, 0.4) is 0 Å². The number of nitrogens with two attached hydrogens (primary N) is 1. The summed E-state index contributed by atoms with van der Waals surface area (Å²) < 4.78 is 0. The molecule has 96 valence electrons.